The van der Waals surface area contributed by atoms with E-state index in [4.69, 9.17) is 4.84 Å². The van der Waals surface area contributed by atoms with E-state index in [1.807, 2.05) is 30.3 Å². The number of hydrogen-bond donors (Lipinski definition) is 1. The molecule has 0 spiro atoms. The summed E-state index contributed by atoms with van der Waals surface area (Å²) in [5.41, 5.74) is 3.76. The molecule has 0 saturated heterocycles. The molecule has 1 atom stereocenters. The zero-order valence-electron chi connectivity index (χ0n) is 11.8. The van der Waals surface area contributed by atoms with Crippen molar-refractivity contribution in [2.45, 2.75) is 46.1 Å². The van der Waals surface area contributed by atoms with Crippen LogP contribution in [0.4, 0.5) is 0 Å². The molecule has 0 bridgehead atoms. The highest BCUT2D eigenvalue weighted by Crippen LogP contribution is 2.40. The van der Waals surface area contributed by atoms with E-state index in [1.54, 1.807) is 0 Å². The van der Waals surface area contributed by atoms with Crippen LogP contribution in [0.3, 0.4) is 0 Å². The third-order valence-corrected chi connectivity index (χ3v) is 4.08. The molecule has 3 heteroatoms. The molecule has 104 valence electrons. The molecule has 1 aliphatic carbocycles. The van der Waals surface area contributed by atoms with Gasteiger partial charge in [-0.05, 0) is 23.8 Å². The van der Waals surface area contributed by atoms with Crippen molar-refractivity contribution in [3.63, 3.8) is 0 Å². The average Bonchev–Trinajstić information content (AvgIpc) is 2.39. The average molecular weight is 261 g/mol. The van der Waals surface area contributed by atoms with Crippen molar-refractivity contribution in [1.82, 2.24) is 5.48 Å². The molecule has 1 amide bonds. The number of carbonyl (C=O) groups excluding carboxylic acids is 1. The van der Waals surface area contributed by atoms with Gasteiger partial charge in [0.2, 0.25) is 5.91 Å². The Morgan fingerprint density at radius 3 is 2.74 bits per heavy atom. The molecule has 1 aliphatic rings. The van der Waals surface area contributed by atoms with Gasteiger partial charge in [-0.15, -0.1) is 0 Å². The predicted octanol–water partition coefficient (Wildman–Crippen LogP) is 3.45. The summed E-state index contributed by atoms with van der Waals surface area (Å²) in [5, 5.41) is 0. The fourth-order valence-electron chi connectivity index (χ4n) is 2.82. The Hall–Kier alpha value is -1.35. The SMILES string of the molecule is CC1(C)CCCCC1C(=O)NOCc1ccccc1. The second kappa shape index (κ2) is 6.20. The zero-order valence-corrected chi connectivity index (χ0v) is 11.8. The van der Waals surface area contributed by atoms with Crippen molar-refractivity contribution in [2.24, 2.45) is 11.3 Å². The number of hydroxylamine groups is 1. The Balaban J connectivity index is 1.81. The molecule has 19 heavy (non-hydrogen) atoms. The second-order valence-corrected chi connectivity index (χ2v) is 6.03. The highest BCUT2D eigenvalue weighted by Gasteiger charge is 2.37. The molecule has 1 unspecified atom stereocenters. The Morgan fingerprint density at radius 1 is 1.32 bits per heavy atom. The van der Waals surface area contributed by atoms with Gasteiger partial charge in [-0.3, -0.25) is 9.63 Å². The lowest BCUT2D eigenvalue weighted by Gasteiger charge is -2.37. The number of benzene rings is 1. The number of hydrogen-bond acceptors (Lipinski definition) is 2. The lowest BCUT2D eigenvalue weighted by Crippen LogP contribution is -2.41. The number of carbonyl (C=O) groups is 1. The summed E-state index contributed by atoms with van der Waals surface area (Å²) in [6, 6.07) is 9.86. The largest absolute Gasteiger partial charge is 0.272 e. The molecular weight excluding hydrogens is 238 g/mol. The van der Waals surface area contributed by atoms with Gasteiger partial charge in [-0.25, -0.2) is 5.48 Å². The van der Waals surface area contributed by atoms with Gasteiger partial charge in [0.15, 0.2) is 0 Å². The summed E-state index contributed by atoms with van der Waals surface area (Å²) in [5.74, 6) is 0.0951. The van der Waals surface area contributed by atoms with Gasteiger partial charge in [0.05, 0.1) is 6.61 Å². The van der Waals surface area contributed by atoms with Crippen molar-refractivity contribution >= 4 is 5.91 Å². The van der Waals surface area contributed by atoms with Crippen molar-refractivity contribution in [1.29, 1.82) is 0 Å². The maximum Gasteiger partial charge on any atom is 0.247 e. The Morgan fingerprint density at radius 2 is 2.05 bits per heavy atom. The van der Waals surface area contributed by atoms with Gasteiger partial charge in [0.1, 0.15) is 0 Å². The molecule has 0 aromatic heterocycles. The monoisotopic (exact) mass is 261 g/mol. The number of amides is 1. The quantitative estimate of drug-likeness (QED) is 0.843. The van der Waals surface area contributed by atoms with E-state index in [0.717, 1.165) is 24.8 Å². The molecule has 0 radical (unpaired) electrons. The lowest BCUT2D eigenvalue weighted by molar-refractivity contribution is -0.144. The normalized spacial score (nSPS) is 21.9. The topological polar surface area (TPSA) is 38.3 Å². The summed E-state index contributed by atoms with van der Waals surface area (Å²) < 4.78 is 0. The standard InChI is InChI=1S/C16H23NO2/c1-16(2)11-7-6-10-14(16)15(18)17-19-12-13-8-4-3-5-9-13/h3-5,8-9,14H,6-7,10-12H2,1-2H3,(H,17,18). The van der Waals surface area contributed by atoms with Gasteiger partial charge in [0.25, 0.3) is 0 Å². The first-order valence-corrected chi connectivity index (χ1v) is 7.05. The number of nitrogens with one attached hydrogen (secondary N) is 1. The van der Waals surface area contributed by atoms with Crippen LogP contribution >= 0.6 is 0 Å². The third-order valence-electron chi connectivity index (χ3n) is 4.08. The highest BCUT2D eigenvalue weighted by molar-refractivity contribution is 5.78. The summed E-state index contributed by atoms with van der Waals surface area (Å²) in [4.78, 5) is 17.5. The molecule has 1 fully saturated rings. The van der Waals surface area contributed by atoms with E-state index in [9.17, 15) is 4.79 Å². The maximum absolute atomic E-state index is 12.2. The Labute approximate surface area is 115 Å². The van der Waals surface area contributed by atoms with E-state index in [0.29, 0.717) is 6.61 Å². The van der Waals surface area contributed by atoms with Crippen LogP contribution in [0.2, 0.25) is 0 Å². The number of rotatable bonds is 4. The lowest BCUT2D eigenvalue weighted by atomic mass is 9.68. The molecule has 1 aromatic carbocycles. The molecule has 1 aromatic rings. The van der Waals surface area contributed by atoms with Crippen molar-refractivity contribution in [3.8, 4) is 0 Å². The first-order valence-electron chi connectivity index (χ1n) is 7.05. The smallest absolute Gasteiger partial charge is 0.247 e. The van der Waals surface area contributed by atoms with E-state index in [1.165, 1.54) is 6.42 Å². The van der Waals surface area contributed by atoms with Gasteiger partial charge in [-0.2, -0.15) is 0 Å². The van der Waals surface area contributed by atoms with Crippen molar-refractivity contribution < 1.29 is 9.63 Å². The van der Waals surface area contributed by atoms with E-state index in [2.05, 4.69) is 19.3 Å². The molecule has 1 N–H and O–H groups in total. The molecule has 1 saturated carbocycles. The molecule has 2 rings (SSSR count). The fraction of sp³-hybridized carbons (Fsp3) is 0.562. The molecule has 0 heterocycles. The third kappa shape index (κ3) is 3.80. The van der Waals surface area contributed by atoms with Crippen LogP contribution in [0, 0.1) is 11.3 Å². The highest BCUT2D eigenvalue weighted by atomic mass is 16.6. The molecular formula is C16H23NO2. The summed E-state index contributed by atoms with van der Waals surface area (Å²) in [6.45, 7) is 4.76. The molecule has 3 nitrogen and oxygen atoms in total. The van der Waals surface area contributed by atoms with Crippen LogP contribution in [-0.4, -0.2) is 5.91 Å². The van der Waals surface area contributed by atoms with Crippen LogP contribution in [0.25, 0.3) is 0 Å². The van der Waals surface area contributed by atoms with Crippen molar-refractivity contribution in [2.75, 3.05) is 0 Å². The summed E-state index contributed by atoms with van der Waals surface area (Å²) in [7, 11) is 0. The Kier molecular flexibility index (Phi) is 4.59. The first-order chi connectivity index (χ1) is 9.09. The van der Waals surface area contributed by atoms with Gasteiger partial charge in [-0.1, -0.05) is 57.0 Å². The predicted molar refractivity (Wildman–Crippen MR) is 75.1 cm³/mol. The van der Waals surface area contributed by atoms with Gasteiger partial charge < -0.3 is 0 Å². The van der Waals surface area contributed by atoms with E-state index >= 15 is 0 Å². The molecule has 0 aliphatic heterocycles. The second-order valence-electron chi connectivity index (χ2n) is 6.03. The zero-order chi connectivity index (χ0) is 13.7. The van der Waals surface area contributed by atoms with Gasteiger partial charge >= 0.3 is 0 Å². The minimum absolute atomic E-state index is 0.0284. The van der Waals surface area contributed by atoms with Crippen LogP contribution in [0.15, 0.2) is 30.3 Å². The van der Waals surface area contributed by atoms with Crippen molar-refractivity contribution in [3.05, 3.63) is 35.9 Å². The van der Waals surface area contributed by atoms with Gasteiger partial charge in [0, 0.05) is 5.92 Å². The minimum atomic E-state index is 0.0284. The van der Waals surface area contributed by atoms with E-state index < -0.39 is 0 Å². The van der Waals surface area contributed by atoms with Crippen LogP contribution in [0.5, 0.6) is 0 Å². The summed E-state index contributed by atoms with van der Waals surface area (Å²) in [6.07, 6.45) is 4.44. The Bertz CT molecular complexity index is 414. The van der Waals surface area contributed by atoms with Crippen LogP contribution in [-0.2, 0) is 16.2 Å². The van der Waals surface area contributed by atoms with Crippen LogP contribution < -0.4 is 5.48 Å². The van der Waals surface area contributed by atoms with Crippen LogP contribution in [0.1, 0.15) is 45.1 Å². The fourth-order valence-corrected chi connectivity index (χ4v) is 2.82. The maximum atomic E-state index is 12.2. The summed E-state index contributed by atoms with van der Waals surface area (Å²) >= 11 is 0. The minimum Gasteiger partial charge on any atom is -0.272 e. The van der Waals surface area contributed by atoms with E-state index in [-0.39, 0.29) is 17.2 Å². The first kappa shape index (κ1) is 14.1.